The zero-order chi connectivity index (χ0) is 12.1. The summed E-state index contributed by atoms with van der Waals surface area (Å²) < 4.78 is 5.06. The molecule has 0 heterocycles. The standard InChI is InChI=1S/C14H22O2/c1-10-6-5-7-11(2)13(10)8-14(15)12(3)9-16-4/h5-7,12,14-15H,8-9H2,1-4H3. The summed E-state index contributed by atoms with van der Waals surface area (Å²) in [7, 11) is 1.67. The lowest BCUT2D eigenvalue weighted by Gasteiger charge is -2.20. The van der Waals surface area contributed by atoms with E-state index in [2.05, 4.69) is 32.0 Å². The normalized spacial score (nSPS) is 14.8. The van der Waals surface area contributed by atoms with E-state index in [1.165, 1.54) is 16.7 Å². The van der Waals surface area contributed by atoms with Crippen LogP contribution in [-0.4, -0.2) is 24.9 Å². The van der Waals surface area contributed by atoms with Crippen LogP contribution in [0.3, 0.4) is 0 Å². The summed E-state index contributed by atoms with van der Waals surface area (Å²) >= 11 is 0. The van der Waals surface area contributed by atoms with E-state index < -0.39 is 0 Å². The topological polar surface area (TPSA) is 29.5 Å². The Balaban J connectivity index is 2.72. The molecule has 0 fully saturated rings. The van der Waals surface area contributed by atoms with Gasteiger partial charge in [-0.2, -0.15) is 0 Å². The highest BCUT2D eigenvalue weighted by atomic mass is 16.5. The molecule has 1 aromatic rings. The predicted molar refractivity (Wildman–Crippen MR) is 66.7 cm³/mol. The molecule has 0 bridgehead atoms. The lowest BCUT2D eigenvalue weighted by atomic mass is 9.93. The Morgan fingerprint density at radius 2 is 1.81 bits per heavy atom. The molecule has 2 nitrogen and oxygen atoms in total. The fourth-order valence-electron chi connectivity index (χ4n) is 1.96. The summed E-state index contributed by atoms with van der Waals surface area (Å²) in [5.41, 5.74) is 3.77. The second kappa shape index (κ2) is 6.02. The van der Waals surface area contributed by atoms with Crippen LogP contribution in [0, 0.1) is 19.8 Å². The zero-order valence-corrected chi connectivity index (χ0v) is 10.7. The summed E-state index contributed by atoms with van der Waals surface area (Å²) in [6, 6.07) is 6.24. The maximum atomic E-state index is 10.1. The van der Waals surface area contributed by atoms with Crippen LogP contribution in [0.4, 0.5) is 0 Å². The van der Waals surface area contributed by atoms with Crippen molar-refractivity contribution < 1.29 is 9.84 Å². The molecular weight excluding hydrogens is 200 g/mol. The van der Waals surface area contributed by atoms with Crippen molar-refractivity contribution in [2.75, 3.05) is 13.7 Å². The molecule has 0 aliphatic carbocycles. The number of methoxy groups -OCH3 is 1. The van der Waals surface area contributed by atoms with Gasteiger partial charge < -0.3 is 9.84 Å². The van der Waals surface area contributed by atoms with Gasteiger partial charge >= 0.3 is 0 Å². The van der Waals surface area contributed by atoms with Gasteiger partial charge in [0.05, 0.1) is 12.7 Å². The van der Waals surface area contributed by atoms with Crippen LogP contribution in [0.1, 0.15) is 23.6 Å². The lowest BCUT2D eigenvalue weighted by molar-refractivity contribution is 0.0573. The third-order valence-corrected chi connectivity index (χ3v) is 3.14. The average Bonchev–Trinajstić information content (AvgIpc) is 2.23. The molecule has 0 spiro atoms. The first kappa shape index (κ1) is 13.2. The van der Waals surface area contributed by atoms with Gasteiger partial charge in [-0.1, -0.05) is 25.1 Å². The minimum absolute atomic E-state index is 0.170. The number of hydrogen-bond acceptors (Lipinski definition) is 2. The summed E-state index contributed by atoms with van der Waals surface area (Å²) in [5, 5.41) is 10.1. The second-order valence-corrected chi connectivity index (χ2v) is 4.57. The molecular formula is C14H22O2. The Bertz CT molecular complexity index is 313. The fraction of sp³-hybridized carbons (Fsp3) is 0.571. The maximum absolute atomic E-state index is 10.1. The largest absolute Gasteiger partial charge is 0.392 e. The first-order valence-corrected chi connectivity index (χ1v) is 5.78. The number of aliphatic hydroxyl groups is 1. The third-order valence-electron chi connectivity index (χ3n) is 3.14. The molecule has 0 saturated heterocycles. The van der Waals surface area contributed by atoms with Crippen LogP contribution in [-0.2, 0) is 11.2 Å². The molecule has 0 amide bonds. The Morgan fingerprint density at radius 3 is 2.31 bits per heavy atom. The van der Waals surface area contributed by atoms with Gasteiger partial charge in [0.25, 0.3) is 0 Å². The van der Waals surface area contributed by atoms with Gasteiger partial charge in [-0.25, -0.2) is 0 Å². The molecule has 16 heavy (non-hydrogen) atoms. The van der Waals surface area contributed by atoms with Crippen molar-refractivity contribution in [3.05, 3.63) is 34.9 Å². The molecule has 2 atom stereocenters. The highest BCUT2D eigenvalue weighted by Crippen LogP contribution is 2.18. The van der Waals surface area contributed by atoms with Gasteiger partial charge in [-0.3, -0.25) is 0 Å². The van der Waals surface area contributed by atoms with Crippen molar-refractivity contribution in [1.82, 2.24) is 0 Å². The van der Waals surface area contributed by atoms with E-state index in [-0.39, 0.29) is 12.0 Å². The minimum Gasteiger partial charge on any atom is -0.392 e. The number of rotatable bonds is 5. The molecule has 0 aliphatic rings. The first-order chi connectivity index (χ1) is 7.56. The van der Waals surface area contributed by atoms with Crippen molar-refractivity contribution in [3.8, 4) is 0 Å². The van der Waals surface area contributed by atoms with Gasteiger partial charge in [0.2, 0.25) is 0 Å². The number of benzene rings is 1. The lowest BCUT2D eigenvalue weighted by Crippen LogP contribution is -2.24. The Labute approximate surface area is 98.3 Å². The van der Waals surface area contributed by atoms with Gasteiger partial charge in [-0.05, 0) is 37.0 Å². The Hall–Kier alpha value is -0.860. The third kappa shape index (κ3) is 3.32. The van der Waals surface area contributed by atoms with E-state index in [0.717, 1.165) is 0 Å². The Kier molecular flexibility index (Phi) is 4.97. The van der Waals surface area contributed by atoms with Gasteiger partial charge in [0.1, 0.15) is 0 Å². The SMILES string of the molecule is COCC(C)C(O)Cc1c(C)cccc1C. The highest BCUT2D eigenvalue weighted by molar-refractivity contribution is 5.33. The van der Waals surface area contributed by atoms with E-state index in [9.17, 15) is 5.11 Å². The van der Waals surface area contributed by atoms with E-state index in [1.807, 2.05) is 6.92 Å². The summed E-state index contributed by atoms with van der Waals surface area (Å²) in [6.45, 7) is 6.81. The summed E-state index contributed by atoms with van der Waals surface area (Å²) in [4.78, 5) is 0. The zero-order valence-electron chi connectivity index (χ0n) is 10.7. The van der Waals surface area contributed by atoms with Gasteiger partial charge in [0.15, 0.2) is 0 Å². The molecule has 90 valence electrons. The molecule has 2 heteroatoms. The van der Waals surface area contributed by atoms with Crippen LogP contribution < -0.4 is 0 Å². The highest BCUT2D eigenvalue weighted by Gasteiger charge is 2.16. The second-order valence-electron chi connectivity index (χ2n) is 4.57. The van der Waals surface area contributed by atoms with Crippen LogP contribution in [0.5, 0.6) is 0 Å². The molecule has 0 aliphatic heterocycles. The maximum Gasteiger partial charge on any atom is 0.0628 e. The van der Waals surface area contributed by atoms with Gasteiger partial charge in [-0.15, -0.1) is 0 Å². The Morgan fingerprint density at radius 1 is 1.25 bits per heavy atom. The molecule has 1 aromatic carbocycles. The predicted octanol–water partition coefficient (Wildman–Crippen LogP) is 2.49. The van der Waals surface area contributed by atoms with Gasteiger partial charge in [0, 0.05) is 13.0 Å². The fourth-order valence-corrected chi connectivity index (χ4v) is 1.96. The number of ether oxygens (including phenoxy) is 1. The van der Waals surface area contributed by atoms with Crippen LogP contribution >= 0.6 is 0 Å². The van der Waals surface area contributed by atoms with Crippen molar-refractivity contribution in [2.24, 2.45) is 5.92 Å². The number of aryl methyl sites for hydroxylation is 2. The summed E-state index contributed by atoms with van der Waals surface area (Å²) in [6.07, 6.45) is 0.378. The molecule has 0 saturated carbocycles. The van der Waals surface area contributed by atoms with Crippen molar-refractivity contribution in [2.45, 2.75) is 33.3 Å². The van der Waals surface area contributed by atoms with Crippen LogP contribution in [0.25, 0.3) is 0 Å². The van der Waals surface area contributed by atoms with E-state index >= 15 is 0 Å². The van der Waals surface area contributed by atoms with Crippen LogP contribution in [0.15, 0.2) is 18.2 Å². The first-order valence-electron chi connectivity index (χ1n) is 5.78. The quantitative estimate of drug-likeness (QED) is 0.829. The van der Waals surface area contributed by atoms with E-state index in [0.29, 0.717) is 13.0 Å². The molecule has 0 aromatic heterocycles. The van der Waals surface area contributed by atoms with Crippen molar-refractivity contribution in [3.63, 3.8) is 0 Å². The molecule has 1 N–H and O–H groups in total. The van der Waals surface area contributed by atoms with Crippen molar-refractivity contribution >= 4 is 0 Å². The van der Waals surface area contributed by atoms with E-state index in [1.54, 1.807) is 7.11 Å². The van der Waals surface area contributed by atoms with Crippen LogP contribution in [0.2, 0.25) is 0 Å². The average molecular weight is 222 g/mol. The molecule has 1 rings (SSSR count). The minimum atomic E-state index is -0.334. The van der Waals surface area contributed by atoms with E-state index in [4.69, 9.17) is 4.74 Å². The molecule has 0 radical (unpaired) electrons. The number of aliphatic hydroxyl groups excluding tert-OH is 1. The molecule has 2 unspecified atom stereocenters. The number of hydrogen-bond donors (Lipinski definition) is 1. The monoisotopic (exact) mass is 222 g/mol. The van der Waals surface area contributed by atoms with Crippen molar-refractivity contribution in [1.29, 1.82) is 0 Å². The summed E-state index contributed by atoms with van der Waals surface area (Å²) in [5.74, 6) is 0.170. The smallest absolute Gasteiger partial charge is 0.0628 e.